The number of thiocarbonyl (C=S) groups is 2. The van der Waals surface area contributed by atoms with Crippen LogP contribution in [-0.4, -0.2) is 15.7 Å². The van der Waals surface area contributed by atoms with Crippen molar-refractivity contribution in [3.63, 3.8) is 0 Å². The number of benzene rings is 1. The van der Waals surface area contributed by atoms with E-state index < -0.39 is 0 Å². The maximum atomic E-state index is 5.43. The van der Waals surface area contributed by atoms with Crippen molar-refractivity contribution in [3.8, 4) is 0 Å². The van der Waals surface area contributed by atoms with E-state index in [-0.39, 0.29) is 15.7 Å². The van der Waals surface area contributed by atoms with Crippen molar-refractivity contribution in [3.05, 3.63) is 29.8 Å². The standard InChI is InChI=1S/C10H12N4S2/c1-6-4-2-3-5-7(6)13-14-8(9(11)15)10(12)16/h2-5,13H,1H3,(H2,11,15)(H2,12,16). The number of anilines is 1. The average Bonchev–Trinajstić information content (AvgIpc) is 2.20. The van der Waals surface area contributed by atoms with Gasteiger partial charge in [-0.15, -0.1) is 0 Å². The van der Waals surface area contributed by atoms with E-state index in [4.69, 9.17) is 35.9 Å². The van der Waals surface area contributed by atoms with Gasteiger partial charge in [0, 0.05) is 0 Å². The smallest absolute Gasteiger partial charge is 0.151 e. The maximum Gasteiger partial charge on any atom is 0.151 e. The molecule has 0 saturated heterocycles. The van der Waals surface area contributed by atoms with E-state index in [9.17, 15) is 0 Å². The van der Waals surface area contributed by atoms with E-state index in [0.29, 0.717) is 0 Å². The zero-order valence-electron chi connectivity index (χ0n) is 8.73. The highest BCUT2D eigenvalue weighted by molar-refractivity contribution is 7.85. The topological polar surface area (TPSA) is 76.4 Å². The van der Waals surface area contributed by atoms with Crippen LogP contribution < -0.4 is 16.9 Å². The van der Waals surface area contributed by atoms with Gasteiger partial charge in [0.15, 0.2) is 5.71 Å². The minimum Gasteiger partial charge on any atom is -0.388 e. The molecule has 4 nitrogen and oxygen atoms in total. The van der Waals surface area contributed by atoms with Gasteiger partial charge in [0.2, 0.25) is 0 Å². The van der Waals surface area contributed by atoms with Crippen LogP contribution in [0.4, 0.5) is 5.69 Å². The molecule has 0 radical (unpaired) electrons. The number of nitrogens with one attached hydrogen (secondary N) is 1. The van der Waals surface area contributed by atoms with Crippen molar-refractivity contribution in [2.45, 2.75) is 6.92 Å². The maximum absolute atomic E-state index is 5.43. The Morgan fingerprint density at radius 3 is 2.25 bits per heavy atom. The van der Waals surface area contributed by atoms with Gasteiger partial charge in [-0.05, 0) is 18.6 Å². The van der Waals surface area contributed by atoms with Gasteiger partial charge in [0.1, 0.15) is 9.98 Å². The first kappa shape index (κ1) is 12.5. The van der Waals surface area contributed by atoms with Crippen LogP contribution in [0, 0.1) is 6.92 Å². The van der Waals surface area contributed by atoms with Crippen molar-refractivity contribution in [1.29, 1.82) is 0 Å². The summed E-state index contributed by atoms with van der Waals surface area (Å²) < 4.78 is 0. The Morgan fingerprint density at radius 1 is 1.19 bits per heavy atom. The van der Waals surface area contributed by atoms with E-state index in [2.05, 4.69) is 10.5 Å². The summed E-state index contributed by atoms with van der Waals surface area (Å²) in [7, 11) is 0. The molecule has 0 amide bonds. The molecule has 16 heavy (non-hydrogen) atoms. The summed E-state index contributed by atoms with van der Waals surface area (Å²) in [5.41, 5.74) is 15.8. The van der Waals surface area contributed by atoms with Gasteiger partial charge in [-0.3, -0.25) is 5.43 Å². The summed E-state index contributed by atoms with van der Waals surface area (Å²) in [4.78, 5) is 0.155. The van der Waals surface area contributed by atoms with E-state index >= 15 is 0 Å². The first-order valence-electron chi connectivity index (χ1n) is 4.51. The van der Waals surface area contributed by atoms with Gasteiger partial charge in [0.05, 0.1) is 5.69 Å². The number of hydrazone groups is 1. The summed E-state index contributed by atoms with van der Waals surface area (Å²) >= 11 is 9.56. The highest BCUT2D eigenvalue weighted by Gasteiger charge is 2.06. The third-order valence-corrected chi connectivity index (χ3v) is 2.29. The summed E-state index contributed by atoms with van der Waals surface area (Å²) in [6.45, 7) is 1.96. The molecule has 84 valence electrons. The fourth-order valence-corrected chi connectivity index (χ4v) is 1.42. The molecule has 0 atom stereocenters. The van der Waals surface area contributed by atoms with Crippen LogP contribution in [0.15, 0.2) is 29.4 Å². The Balaban J connectivity index is 2.90. The molecule has 0 aliphatic carbocycles. The predicted octanol–water partition coefficient (Wildman–Crippen LogP) is 1.34. The van der Waals surface area contributed by atoms with Gasteiger partial charge in [0.25, 0.3) is 0 Å². The minimum absolute atomic E-state index is 0.0774. The molecule has 0 aliphatic heterocycles. The molecule has 0 unspecified atom stereocenters. The first-order valence-corrected chi connectivity index (χ1v) is 5.33. The van der Waals surface area contributed by atoms with E-state index in [1.165, 1.54) is 0 Å². The van der Waals surface area contributed by atoms with Crippen LogP contribution in [0.5, 0.6) is 0 Å². The number of nitrogens with zero attached hydrogens (tertiary/aromatic N) is 1. The Hall–Kier alpha value is -1.53. The Labute approximate surface area is 105 Å². The molecule has 5 N–H and O–H groups in total. The van der Waals surface area contributed by atoms with Gasteiger partial charge in [-0.25, -0.2) is 0 Å². The van der Waals surface area contributed by atoms with Crippen molar-refractivity contribution in [2.24, 2.45) is 16.6 Å². The molecule has 0 aromatic heterocycles. The number of nitrogens with two attached hydrogens (primary N) is 2. The molecule has 0 fully saturated rings. The van der Waals surface area contributed by atoms with Crippen molar-refractivity contribution in [1.82, 2.24) is 0 Å². The normalized spacial score (nSPS) is 9.31. The SMILES string of the molecule is Cc1ccccc1NN=C(C(N)=S)C(N)=S. The lowest BCUT2D eigenvalue weighted by Gasteiger charge is -2.06. The van der Waals surface area contributed by atoms with Crippen LogP contribution in [0.2, 0.25) is 0 Å². The molecular weight excluding hydrogens is 240 g/mol. The number of hydrogen-bond acceptors (Lipinski definition) is 4. The molecule has 1 rings (SSSR count). The first-order chi connectivity index (χ1) is 7.52. The highest BCUT2D eigenvalue weighted by atomic mass is 32.1. The van der Waals surface area contributed by atoms with Gasteiger partial charge in [-0.1, -0.05) is 42.6 Å². The lowest BCUT2D eigenvalue weighted by Crippen LogP contribution is -2.33. The number of aryl methyl sites for hydroxylation is 1. The van der Waals surface area contributed by atoms with Gasteiger partial charge in [-0.2, -0.15) is 5.10 Å². The highest BCUT2D eigenvalue weighted by Crippen LogP contribution is 2.12. The van der Waals surface area contributed by atoms with Crippen LogP contribution in [-0.2, 0) is 0 Å². The zero-order chi connectivity index (χ0) is 12.1. The summed E-state index contributed by atoms with van der Waals surface area (Å²) in [6, 6.07) is 7.67. The number of para-hydroxylation sites is 1. The van der Waals surface area contributed by atoms with E-state index in [1.807, 2.05) is 31.2 Å². The summed E-state index contributed by atoms with van der Waals surface area (Å²) in [5, 5.41) is 3.99. The Kier molecular flexibility index (Phi) is 4.33. The molecule has 0 saturated carbocycles. The predicted molar refractivity (Wildman–Crippen MR) is 75.8 cm³/mol. The summed E-state index contributed by atoms with van der Waals surface area (Å²) in [5.74, 6) is 0. The van der Waals surface area contributed by atoms with Gasteiger partial charge >= 0.3 is 0 Å². The Morgan fingerprint density at radius 2 is 1.75 bits per heavy atom. The van der Waals surface area contributed by atoms with Crippen molar-refractivity contribution >= 4 is 45.8 Å². The molecule has 0 spiro atoms. The van der Waals surface area contributed by atoms with Crippen LogP contribution in [0.25, 0.3) is 0 Å². The fourth-order valence-electron chi connectivity index (χ4n) is 1.05. The third-order valence-electron chi connectivity index (χ3n) is 1.90. The number of hydrogen-bond donors (Lipinski definition) is 3. The van der Waals surface area contributed by atoms with Crippen LogP contribution >= 0.6 is 24.4 Å². The quantitative estimate of drug-likeness (QED) is 0.428. The second-order valence-corrected chi connectivity index (χ2v) is 4.00. The van der Waals surface area contributed by atoms with Crippen LogP contribution in [0.1, 0.15) is 5.56 Å². The second kappa shape index (κ2) is 5.53. The van der Waals surface area contributed by atoms with E-state index in [1.54, 1.807) is 0 Å². The molecule has 0 bridgehead atoms. The average molecular weight is 252 g/mol. The molecule has 1 aromatic rings. The lowest BCUT2D eigenvalue weighted by atomic mass is 10.2. The van der Waals surface area contributed by atoms with Crippen molar-refractivity contribution < 1.29 is 0 Å². The summed E-state index contributed by atoms with van der Waals surface area (Å²) in [6.07, 6.45) is 0. The Bertz CT molecular complexity index is 438. The lowest BCUT2D eigenvalue weighted by molar-refractivity contribution is 1.31. The fraction of sp³-hybridized carbons (Fsp3) is 0.100. The molecular formula is C10H12N4S2. The largest absolute Gasteiger partial charge is 0.388 e. The zero-order valence-corrected chi connectivity index (χ0v) is 10.4. The molecule has 1 aromatic carbocycles. The minimum atomic E-state index is 0.0774. The monoisotopic (exact) mass is 252 g/mol. The molecule has 0 heterocycles. The van der Waals surface area contributed by atoms with Crippen molar-refractivity contribution in [2.75, 3.05) is 5.43 Å². The molecule has 0 aliphatic rings. The van der Waals surface area contributed by atoms with Gasteiger partial charge < -0.3 is 11.5 Å². The third kappa shape index (κ3) is 3.25. The van der Waals surface area contributed by atoms with Crippen LogP contribution in [0.3, 0.4) is 0 Å². The van der Waals surface area contributed by atoms with E-state index in [0.717, 1.165) is 11.3 Å². The number of rotatable bonds is 4. The second-order valence-electron chi connectivity index (χ2n) is 3.12. The molecule has 6 heteroatoms.